The molecule has 8 nitrogen and oxygen atoms in total. The number of hydrogen-bond donors (Lipinski definition) is 2. The third-order valence-corrected chi connectivity index (χ3v) is 7.35. The first-order valence-corrected chi connectivity index (χ1v) is 12.5. The number of benzene rings is 3. The molecule has 2 N–H and O–H groups in total. The highest BCUT2D eigenvalue weighted by Crippen LogP contribution is 2.34. The number of ether oxygens (including phenoxy) is 1. The van der Waals surface area contributed by atoms with Gasteiger partial charge in [0.15, 0.2) is 11.5 Å². The van der Waals surface area contributed by atoms with E-state index in [0.29, 0.717) is 20.6 Å². The fourth-order valence-corrected chi connectivity index (χ4v) is 5.16. The van der Waals surface area contributed by atoms with Crippen molar-refractivity contribution in [1.82, 2.24) is 5.43 Å². The molecule has 0 saturated carbocycles. The van der Waals surface area contributed by atoms with Crippen LogP contribution in [0.3, 0.4) is 0 Å². The molecule has 3 aromatic rings. The number of hydrazone groups is 1. The molecule has 3 rings (SSSR count). The Kier molecular flexibility index (Phi) is 8.19. The molecule has 1 amide bonds. The monoisotopic (exact) mass is 565 g/mol. The van der Waals surface area contributed by atoms with Crippen molar-refractivity contribution in [3.63, 3.8) is 0 Å². The van der Waals surface area contributed by atoms with Crippen LogP contribution in [-0.4, -0.2) is 39.3 Å². The van der Waals surface area contributed by atoms with Crippen molar-refractivity contribution in [2.45, 2.75) is 11.8 Å². The normalized spacial score (nSPS) is 11.4. The molecule has 11 heteroatoms. The minimum Gasteiger partial charge on any atom is -0.503 e. The van der Waals surface area contributed by atoms with E-state index in [-0.39, 0.29) is 22.1 Å². The van der Waals surface area contributed by atoms with Crippen LogP contribution in [0.15, 0.2) is 75.1 Å². The highest BCUT2D eigenvalue weighted by molar-refractivity contribution is 9.10. The van der Waals surface area contributed by atoms with Gasteiger partial charge in [-0.05, 0) is 70.4 Å². The number of aromatic hydroxyl groups is 1. The van der Waals surface area contributed by atoms with Gasteiger partial charge in [0.25, 0.3) is 15.9 Å². The van der Waals surface area contributed by atoms with E-state index in [4.69, 9.17) is 16.3 Å². The number of sulfonamides is 1. The Morgan fingerprint density at radius 1 is 1.21 bits per heavy atom. The summed E-state index contributed by atoms with van der Waals surface area (Å²) in [6.07, 6.45) is 1.34. The topological polar surface area (TPSA) is 108 Å². The van der Waals surface area contributed by atoms with E-state index < -0.39 is 22.5 Å². The maximum absolute atomic E-state index is 13.4. The molecule has 3 aromatic carbocycles. The van der Waals surface area contributed by atoms with Crippen molar-refractivity contribution in [1.29, 1.82) is 0 Å². The number of halogens is 2. The first kappa shape index (κ1) is 25.5. The first-order valence-electron chi connectivity index (χ1n) is 9.86. The summed E-state index contributed by atoms with van der Waals surface area (Å²) in [6, 6.07) is 15.7. The zero-order chi connectivity index (χ0) is 24.9. The average molecular weight is 567 g/mol. The largest absolute Gasteiger partial charge is 0.503 e. The van der Waals surface area contributed by atoms with Gasteiger partial charge in [0.1, 0.15) is 6.54 Å². The summed E-state index contributed by atoms with van der Waals surface area (Å²) < 4.78 is 33.2. The van der Waals surface area contributed by atoms with E-state index in [1.165, 1.54) is 37.6 Å². The van der Waals surface area contributed by atoms with Gasteiger partial charge in [-0.3, -0.25) is 9.10 Å². The lowest BCUT2D eigenvalue weighted by Crippen LogP contribution is -2.40. The fraction of sp³-hybridized carbons (Fsp3) is 0.130. The second kappa shape index (κ2) is 10.9. The van der Waals surface area contributed by atoms with Crippen LogP contribution in [0.4, 0.5) is 5.69 Å². The van der Waals surface area contributed by atoms with Gasteiger partial charge in [-0.15, -0.1) is 0 Å². The lowest BCUT2D eigenvalue weighted by Gasteiger charge is -2.25. The molecule has 0 aliphatic heterocycles. The number of anilines is 1. The number of aryl methyl sites for hydroxylation is 1. The first-order chi connectivity index (χ1) is 16.1. The minimum absolute atomic E-state index is 0.0340. The van der Waals surface area contributed by atoms with Crippen LogP contribution >= 0.6 is 27.5 Å². The molecule has 0 bridgehead atoms. The molecule has 0 aliphatic rings. The summed E-state index contributed by atoms with van der Waals surface area (Å²) in [5, 5.41) is 14.1. The number of nitrogens with one attached hydrogen (secondary N) is 1. The second-order valence-electron chi connectivity index (χ2n) is 7.10. The number of hydrogen-bond acceptors (Lipinski definition) is 6. The van der Waals surface area contributed by atoms with Crippen LogP contribution in [-0.2, 0) is 14.8 Å². The fourth-order valence-electron chi connectivity index (χ4n) is 3.04. The number of methoxy groups -OCH3 is 1. The lowest BCUT2D eigenvalue weighted by atomic mass is 10.2. The van der Waals surface area contributed by atoms with Crippen LogP contribution in [0.5, 0.6) is 11.5 Å². The van der Waals surface area contributed by atoms with Crippen molar-refractivity contribution >= 4 is 55.4 Å². The summed E-state index contributed by atoms with van der Waals surface area (Å²) in [4.78, 5) is 12.7. The van der Waals surface area contributed by atoms with Gasteiger partial charge in [0.05, 0.1) is 28.4 Å². The van der Waals surface area contributed by atoms with Gasteiger partial charge in [0, 0.05) is 5.02 Å². The Morgan fingerprint density at radius 2 is 1.91 bits per heavy atom. The van der Waals surface area contributed by atoms with E-state index in [1.807, 2.05) is 0 Å². The van der Waals surface area contributed by atoms with Crippen molar-refractivity contribution in [3.05, 3.63) is 81.3 Å². The van der Waals surface area contributed by atoms with E-state index in [9.17, 15) is 18.3 Å². The second-order valence-corrected chi connectivity index (χ2v) is 10.3. The number of carbonyl (C=O) groups is 1. The predicted molar refractivity (Wildman–Crippen MR) is 135 cm³/mol. The van der Waals surface area contributed by atoms with E-state index in [2.05, 4.69) is 26.5 Å². The van der Waals surface area contributed by atoms with Crippen molar-refractivity contribution in [2.75, 3.05) is 18.0 Å². The molecule has 0 heterocycles. The van der Waals surface area contributed by atoms with Gasteiger partial charge in [-0.25, -0.2) is 13.8 Å². The van der Waals surface area contributed by atoms with E-state index in [0.717, 1.165) is 4.31 Å². The Labute approximate surface area is 211 Å². The Morgan fingerprint density at radius 3 is 2.59 bits per heavy atom. The smallest absolute Gasteiger partial charge is 0.264 e. The lowest BCUT2D eigenvalue weighted by molar-refractivity contribution is -0.119. The molecule has 0 aromatic heterocycles. The number of amides is 1. The van der Waals surface area contributed by atoms with Gasteiger partial charge in [-0.1, -0.05) is 35.9 Å². The zero-order valence-electron chi connectivity index (χ0n) is 18.2. The maximum Gasteiger partial charge on any atom is 0.264 e. The van der Waals surface area contributed by atoms with Crippen molar-refractivity contribution in [2.24, 2.45) is 5.10 Å². The minimum atomic E-state index is -4.07. The third kappa shape index (κ3) is 5.88. The van der Waals surface area contributed by atoms with Crippen LogP contribution < -0.4 is 14.5 Å². The number of carbonyl (C=O) groups excluding carboxylic acids is 1. The molecule has 0 fully saturated rings. The summed E-state index contributed by atoms with van der Waals surface area (Å²) in [5.74, 6) is -0.513. The number of phenols is 1. The van der Waals surface area contributed by atoms with E-state index >= 15 is 0 Å². The molecule has 34 heavy (non-hydrogen) atoms. The van der Waals surface area contributed by atoms with Crippen LogP contribution in [0, 0.1) is 6.92 Å². The Hall–Kier alpha value is -3.08. The molecule has 0 radical (unpaired) electrons. The Bertz CT molecular complexity index is 1330. The predicted octanol–water partition coefficient (Wildman–Crippen LogP) is 4.47. The summed E-state index contributed by atoms with van der Waals surface area (Å²) in [5.41, 5.74) is 3.77. The quantitative estimate of drug-likeness (QED) is 0.309. The van der Waals surface area contributed by atoms with Crippen LogP contribution in [0.1, 0.15) is 11.1 Å². The average Bonchev–Trinajstić information content (AvgIpc) is 2.81. The molecule has 0 spiro atoms. The number of nitrogens with zero attached hydrogens (tertiary/aromatic N) is 2. The SMILES string of the molecule is COc1cc(/C=N\NC(=O)CN(c2cc(Cl)ccc2C)S(=O)(=O)c2ccccc2)cc(Br)c1O. The number of phenolic OH excluding ortho intramolecular Hbond substituents is 1. The third-order valence-electron chi connectivity index (χ3n) is 4.73. The van der Waals surface area contributed by atoms with Crippen LogP contribution in [0.2, 0.25) is 5.02 Å². The van der Waals surface area contributed by atoms with Gasteiger partial charge < -0.3 is 9.84 Å². The summed E-state index contributed by atoms with van der Waals surface area (Å²) in [7, 11) is -2.67. The van der Waals surface area contributed by atoms with Gasteiger partial charge in [-0.2, -0.15) is 5.10 Å². The van der Waals surface area contributed by atoms with Gasteiger partial charge >= 0.3 is 0 Å². The molecular formula is C23H21BrClN3O5S. The Balaban J connectivity index is 1.87. The van der Waals surface area contributed by atoms with E-state index in [1.54, 1.807) is 43.3 Å². The van der Waals surface area contributed by atoms with Crippen LogP contribution in [0.25, 0.3) is 0 Å². The highest BCUT2D eigenvalue weighted by atomic mass is 79.9. The standard InChI is InChI=1S/C23H21BrClN3O5S/c1-15-8-9-17(25)12-20(15)28(34(31,32)18-6-4-3-5-7-18)14-22(29)27-26-13-16-10-19(24)23(30)21(11-16)33-2/h3-13,30H,14H2,1-2H3,(H,27,29)/b26-13-. The van der Waals surface area contributed by atoms with Gasteiger partial charge in [0.2, 0.25) is 0 Å². The molecule has 0 aliphatic carbocycles. The molecule has 0 atom stereocenters. The van der Waals surface area contributed by atoms with Crippen molar-refractivity contribution < 1.29 is 23.1 Å². The zero-order valence-corrected chi connectivity index (χ0v) is 21.4. The molecule has 0 saturated heterocycles. The highest BCUT2D eigenvalue weighted by Gasteiger charge is 2.28. The summed E-state index contributed by atoms with van der Waals surface area (Å²) >= 11 is 9.33. The van der Waals surface area contributed by atoms with Crippen molar-refractivity contribution in [3.8, 4) is 11.5 Å². The maximum atomic E-state index is 13.4. The summed E-state index contributed by atoms with van der Waals surface area (Å²) in [6.45, 7) is 1.20. The molecule has 0 unspecified atom stereocenters. The number of rotatable bonds is 8. The molecule has 178 valence electrons. The molecular weight excluding hydrogens is 546 g/mol.